The van der Waals surface area contributed by atoms with E-state index in [9.17, 15) is 35.1 Å². The molecule has 90 valence electrons. The van der Waals surface area contributed by atoms with Crippen molar-refractivity contribution in [3.8, 4) is 0 Å². The van der Waals surface area contributed by atoms with Crippen molar-refractivity contribution in [2.24, 2.45) is 0 Å². The predicted octanol–water partition coefficient (Wildman–Crippen LogP) is 3.28. The van der Waals surface area contributed by atoms with E-state index in [0.29, 0.717) is 0 Å². The molecule has 9 heteroatoms. The number of halogens is 8. The van der Waals surface area contributed by atoms with Crippen molar-refractivity contribution >= 4 is 0 Å². The van der Waals surface area contributed by atoms with Crippen molar-refractivity contribution in [1.29, 1.82) is 0 Å². The number of rotatable bonds is 3. The van der Waals surface area contributed by atoms with Crippen molar-refractivity contribution < 1.29 is 39.9 Å². The van der Waals surface area contributed by atoms with Crippen LogP contribution in [0.15, 0.2) is 12.2 Å². The molecule has 0 aromatic rings. The Morgan fingerprint density at radius 2 is 1.33 bits per heavy atom. The first kappa shape index (κ1) is 14.1. The molecule has 0 aliphatic rings. The maximum atomic E-state index is 12.3. The van der Waals surface area contributed by atoms with Gasteiger partial charge in [-0.25, -0.2) is 0 Å². The second-order valence-electron chi connectivity index (χ2n) is 2.40. The molecule has 0 aromatic heterocycles. The number of hydrogen-bond acceptors (Lipinski definition) is 1. The Morgan fingerprint density at radius 3 is 1.60 bits per heavy atom. The summed E-state index contributed by atoms with van der Waals surface area (Å²) in [4.78, 5) is 0. The van der Waals surface area contributed by atoms with Gasteiger partial charge in [-0.3, -0.25) is 0 Å². The van der Waals surface area contributed by atoms with Crippen molar-refractivity contribution in [1.82, 2.24) is 0 Å². The SMILES string of the molecule is C=C(C(F)(F)F)C(F)(F)OCC(F)(F)F. The summed E-state index contributed by atoms with van der Waals surface area (Å²) in [7, 11) is 0. The average molecular weight is 244 g/mol. The minimum absolute atomic E-state index is 1.93. The standard InChI is InChI=1S/C6H4F8O/c1-3(5(10,11)12)6(13,14)15-2-4(7,8)9/h1-2H2. The average Bonchev–Trinajstić information content (AvgIpc) is 1.97. The molecular weight excluding hydrogens is 240 g/mol. The van der Waals surface area contributed by atoms with Gasteiger partial charge in [-0.15, -0.1) is 0 Å². The summed E-state index contributed by atoms with van der Waals surface area (Å²) in [6.45, 7) is -0.560. The lowest BCUT2D eigenvalue weighted by atomic mass is 10.3. The zero-order valence-corrected chi connectivity index (χ0v) is 6.85. The van der Waals surface area contributed by atoms with E-state index in [1.54, 1.807) is 0 Å². The van der Waals surface area contributed by atoms with Gasteiger partial charge in [-0.2, -0.15) is 35.1 Å². The Labute approximate surface area is 78.3 Å². The van der Waals surface area contributed by atoms with Crippen LogP contribution in [0.4, 0.5) is 35.1 Å². The Morgan fingerprint density at radius 1 is 0.933 bits per heavy atom. The van der Waals surface area contributed by atoms with Crippen molar-refractivity contribution in [2.45, 2.75) is 18.5 Å². The summed E-state index contributed by atoms with van der Waals surface area (Å²) >= 11 is 0. The van der Waals surface area contributed by atoms with E-state index in [0.717, 1.165) is 0 Å². The van der Waals surface area contributed by atoms with Crippen LogP contribution < -0.4 is 0 Å². The van der Waals surface area contributed by atoms with E-state index in [4.69, 9.17) is 0 Å². The van der Waals surface area contributed by atoms with Crippen LogP contribution in [0.1, 0.15) is 0 Å². The van der Waals surface area contributed by atoms with Crippen LogP contribution in [-0.2, 0) is 4.74 Å². The van der Waals surface area contributed by atoms with Crippen molar-refractivity contribution in [3.63, 3.8) is 0 Å². The summed E-state index contributed by atoms with van der Waals surface area (Å²) in [5, 5.41) is 0. The molecule has 0 aliphatic heterocycles. The molecule has 0 atom stereocenters. The molecule has 0 bridgehead atoms. The largest absolute Gasteiger partial charge is 0.420 e. The highest BCUT2D eigenvalue weighted by molar-refractivity contribution is 5.09. The summed E-state index contributed by atoms with van der Waals surface area (Å²) in [5.74, 6) is 0. The second-order valence-corrected chi connectivity index (χ2v) is 2.40. The summed E-state index contributed by atoms with van der Waals surface area (Å²) in [5.41, 5.74) is -2.68. The molecule has 0 saturated heterocycles. The minimum atomic E-state index is -5.52. The van der Waals surface area contributed by atoms with Gasteiger partial charge in [0.25, 0.3) is 0 Å². The van der Waals surface area contributed by atoms with Crippen LogP contribution in [0, 0.1) is 0 Å². The molecule has 0 radical (unpaired) electrons. The first-order valence-corrected chi connectivity index (χ1v) is 3.21. The van der Waals surface area contributed by atoms with Gasteiger partial charge >= 0.3 is 18.5 Å². The van der Waals surface area contributed by atoms with Gasteiger partial charge in [0.15, 0.2) is 0 Å². The lowest BCUT2D eigenvalue weighted by molar-refractivity contribution is -0.286. The van der Waals surface area contributed by atoms with Crippen molar-refractivity contribution in [3.05, 3.63) is 12.2 Å². The van der Waals surface area contributed by atoms with Gasteiger partial charge in [0, 0.05) is 0 Å². The second kappa shape index (κ2) is 3.95. The van der Waals surface area contributed by atoms with Gasteiger partial charge in [0.1, 0.15) is 12.2 Å². The Kier molecular flexibility index (Phi) is 3.72. The first-order valence-electron chi connectivity index (χ1n) is 3.21. The van der Waals surface area contributed by atoms with E-state index in [2.05, 4.69) is 4.74 Å². The molecule has 15 heavy (non-hydrogen) atoms. The van der Waals surface area contributed by atoms with Crippen LogP contribution in [0.5, 0.6) is 0 Å². The maximum Gasteiger partial charge on any atom is 0.420 e. The highest BCUT2D eigenvalue weighted by Crippen LogP contribution is 2.37. The molecule has 0 aromatic carbocycles. The fourth-order valence-corrected chi connectivity index (χ4v) is 0.425. The van der Waals surface area contributed by atoms with Gasteiger partial charge in [-0.05, 0) is 0 Å². The molecule has 0 N–H and O–H groups in total. The molecular formula is C6H4F8O. The molecule has 1 nitrogen and oxygen atoms in total. The van der Waals surface area contributed by atoms with Crippen LogP contribution in [-0.4, -0.2) is 25.1 Å². The number of alkyl halides is 8. The summed E-state index contributed by atoms with van der Waals surface area (Å²) in [6, 6.07) is 0. The smallest absolute Gasteiger partial charge is 0.307 e. The van der Waals surface area contributed by atoms with E-state index in [1.807, 2.05) is 6.58 Å². The lowest BCUT2D eigenvalue weighted by Crippen LogP contribution is -2.35. The fraction of sp³-hybridized carbons (Fsp3) is 0.667. The molecule has 0 spiro atoms. The lowest BCUT2D eigenvalue weighted by Gasteiger charge is -2.21. The third kappa shape index (κ3) is 4.96. The Bertz CT molecular complexity index is 236. The minimum Gasteiger partial charge on any atom is -0.307 e. The highest BCUT2D eigenvalue weighted by atomic mass is 19.4. The van der Waals surface area contributed by atoms with E-state index >= 15 is 0 Å². The van der Waals surface area contributed by atoms with Crippen LogP contribution in [0.3, 0.4) is 0 Å². The zero-order chi connectivity index (χ0) is 12.5. The molecule has 0 saturated carbocycles. The van der Waals surface area contributed by atoms with Crippen molar-refractivity contribution in [2.75, 3.05) is 6.61 Å². The highest BCUT2D eigenvalue weighted by Gasteiger charge is 2.51. The molecule has 0 fully saturated rings. The van der Waals surface area contributed by atoms with Crippen LogP contribution in [0.25, 0.3) is 0 Å². The van der Waals surface area contributed by atoms with Gasteiger partial charge in [-0.1, -0.05) is 6.58 Å². The summed E-state index contributed by atoms with van der Waals surface area (Å²) < 4.78 is 96.4. The number of hydrogen-bond donors (Lipinski definition) is 0. The quantitative estimate of drug-likeness (QED) is 0.546. The van der Waals surface area contributed by atoms with E-state index in [1.165, 1.54) is 0 Å². The van der Waals surface area contributed by atoms with E-state index < -0.39 is 30.6 Å². The van der Waals surface area contributed by atoms with Gasteiger partial charge in [0.05, 0.1) is 0 Å². The van der Waals surface area contributed by atoms with E-state index in [-0.39, 0.29) is 0 Å². The molecule has 0 amide bonds. The Balaban J connectivity index is 4.50. The number of ether oxygens (including phenoxy) is 1. The predicted molar refractivity (Wildman–Crippen MR) is 32.1 cm³/mol. The molecule has 0 rings (SSSR count). The molecule has 0 heterocycles. The van der Waals surface area contributed by atoms with Gasteiger partial charge < -0.3 is 4.74 Å². The van der Waals surface area contributed by atoms with Crippen LogP contribution >= 0.6 is 0 Å². The summed E-state index contributed by atoms with van der Waals surface area (Å²) in [6.07, 6.45) is -15.8. The normalized spacial score (nSPS) is 14.1. The third-order valence-corrected chi connectivity index (χ3v) is 1.11. The van der Waals surface area contributed by atoms with Gasteiger partial charge in [0.2, 0.25) is 0 Å². The third-order valence-electron chi connectivity index (χ3n) is 1.11. The maximum absolute atomic E-state index is 12.3. The fourth-order valence-electron chi connectivity index (χ4n) is 0.425. The zero-order valence-electron chi connectivity index (χ0n) is 6.85. The molecule has 0 aliphatic carbocycles. The Hall–Kier alpha value is -0.860. The van der Waals surface area contributed by atoms with Crippen LogP contribution in [0.2, 0.25) is 0 Å². The topological polar surface area (TPSA) is 9.23 Å². The monoisotopic (exact) mass is 244 g/mol. The molecule has 0 unspecified atom stereocenters. The first-order chi connectivity index (χ1) is 6.36.